The van der Waals surface area contributed by atoms with Gasteiger partial charge in [-0.25, -0.2) is 9.98 Å². The molecule has 1 aliphatic carbocycles. The average Bonchev–Trinajstić information content (AvgIpc) is 3.55. The van der Waals surface area contributed by atoms with Crippen molar-refractivity contribution in [2.45, 2.75) is 30.6 Å². The lowest BCUT2D eigenvalue weighted by molar-refractivity contribution is -0.160. The van der Waals surface area contributed by atoms with Crippen molar-refractivity contribution in [3.63, 3.8) is 0 Å². The molecule has 0 radical (unpaired) electrons. The van der Waals surface area contributed by atoms with Crippen molar-refractivity contribution < 1.29 is 27.1 Å². The zero-order chi connectivity index (χ0) is 28.9. The molecule has 1 atom stereocenters. The first-order valence-electron chi connectivity index (χ1n) is 13.4. The maximum Gasteiger partial charge on any atom is 0.400 e. The van der Waals surface area contributed by atoms with Crippen LogP contribution in [0.25, 0.3) is 11.6 Å². The van der Waals surface area contributed by atoms with E-state index in [0.717, 1.165) is 22.5 Å². The van der Waals surface area contributed by atoms with Gasteiger partial charge in [0.1, 0.15) is 15.4 Å². The fourth-order valence-corrected chi connectivity index (χ4v) is 6.43. The largest absolute Gasteiger partial charge is 0.402 e. The van der Waals surface area contributed by atoms with Crippen LogP contribution in [0, 0.1) is 0 Å². The minimum absolute atomic E-state index is 0.0103. The summed E-state index contributed by atoms with van der Waals surface area (Å²) in [4.78, 5) is 24.3. The summed E-state index contributed by atoms with van der Waals surface area (Å²) < 4.78 is 53.2. The lowest BCUT2D eigenvalue weighted by Gasteiger charge is -2.27. The number of fused-ring (bicyclic) bond motifs is 1. The Morgan fingerprint density at radius 1 is 1.02 bits per heavy atom. The summed E-state index contributed by atoms with van der Waals surface area (Å²) in [5.74, 6) is -0.497. The van der Waals surface area contributed by atoms with Gasteiger partial charge < -0.3 is 24.7 Å². The van der Waals surface area contributed by atoms with Crippen LogP contribution >= 0.6 is 11.3 Å². The van der Waals surface area contributed by atoms with Crippen molar-refractivity contribution in [1.29, 1.82) is 0 Å². The van der Waals surface area contributed by atoms with Crippen molar-refractivity contribution in [3.8, 4) is 11.6 Å². The summed E-state index contributed by atoms with van der Waals surface area (Å²) in [6, 6.07) is 16.7. The smallest absolute Gasteiger partial charge is 0.400 e. The Morgan fingerprint density at radius 2 is 1.76 bits per heavy atom. The number of rotatable bonds is 6. The van der Waals surface area contributed by atoms with E-state index >= 15 is 0 Å². The van der Waals surface area contributed by atoms with Crippen LogP contribution in [0.15, 0.2) is 64.0 Å². The monoisotopic (exact) mass is 595 g/mol. The summed E-state index contributed by atoms with van der Waals surface area (Å²) >= 11 is 1.00. The van der Waals surface area contributed by atoms with Crippen LogP contribution < -0.4 is 15.5 Å². The zero-order valence-electron chi connectivity index (χ0n) is 22.0. The molecule has 14 heteroatoms. The Morgan fingerprint density at radius 3 is 2.50 bits per heavy atom. The van der Waals surface area contributed by atoms with Crippen LogP contribution in [-0.2, 0) is 14.9 Å². The van der Waals surface area contributed by atoms with Crippen LogP contribution in [0.4, 0.5) is 29.9 Å². The Hall–Kier alpha value is -4.30. The highest BCUT2D eigenvalue weighted by Gasteiger charge is 2.66. The fourth-order valence-electron chi connectivity index (χ4n) is 5.06. The van der Waals surface area contributed by atoms with Gasteiger partial charge in [0.25, 0.3) is 11.8 Å². The van der Waals surface area contributed by atoms with Crippen molar-refractivity contribution in [1.82, 2.24) is 15.2 Å². The molecule has 2 fully saturated rings. The van der Waals surface area contributed by atoms with Crippen molar-refractivity contribution in [2.24, 2.45) is 4.99 Å². The molecule has 10 nitrogen and oxygen atoms in total. The van der Waals surface area contributed by atoms with E-state index in [2.05, 4.69) is 25.8 Å². The molecule has 4 aromatic rings. The number of halogens is 3. The molecule has 1 amide bonds. The molecule has 0 spiro atoms. The van der Waals surface area contributed by atoms with E-state index in [1.54, 1.807) is 6.07 Å². The number of nitrogens with zero attached hydrogens (tertiary/aromatic N) is 5. The Bertz CT molecular complexity index is 1660. The molecule has 4 heterocycles. The average molecular weight is 596 g/mol. The number of benzene rings is 2. The molecule has 216 valence electrons. The van der Waals surface area contributed by atoms with Gasteiger partial charge in [0.05, 0.1) is 24.6 Å². The standard InChI is InChI=1S/C28H24F3N7O3S/c29-28(30,31)27(10-11-27)25-34-20(24(42-25)38-12-14-40-15-13-38)23-36-37-26(41-23)35-21-22(39)32-18-9-5-4-8-17(18)19(33-21)16-6-2-1-3-7-16/h1-9,21H,10-15H2,(H,32,39)(H,35,37). The number of hydrogen-bond donors (Lipinski definition) is 2. The van der Waals surface area contributed by atoms with Crippen LogP contribution in [0.2, 0.25) is 0 Å². The number of aromatic nitrogens is 3. The second-order valence-corrected chi connectivity index (χ2v) is 11.2. The van der Waals surface area contributed by atoms with E-state index < -0.39 is 23.7 Å². The van der Waals surface area contributed by atoms with Crippen LogP contribution in [0.5, 0.6) is 0 Å². The molecule has 2 aliphatic heterocycles. The van der Waals surface area contributed by atoms with Gasteiger partial charge >= 0.3 is 12.2 Å². The van der Waals surface area contributed by atoms with Gasteiger partial charge in [0.15, 0.2) is 5.69 Å². The van der Waals surface area contributed by atoms with E-state index in [9.17, 15) is 18.0 Å². The summed E-state index contributed by atoms with van der Waals surface area (Å²) in [7, 11) is 0. The van der Waals surface area contributed by atoms with E-state index in [4.69, 9.17) is 14.1 Å². The quantitative estimate of drug-likeness (QED) is 0.325. The van der Waals surface area contributed by atoms with Crippen molar-refractivity contribution >= 4 is 39.7 Å². The van der Waals surface area contributed by atoms with Gasteiger partial charge in [-0.15, -0.1) is 5.10 Å². The predicted molar refractivity (Wildman–Crippen MR) is 150 cm³/mol. The molecule has 0 bridgehead atoms. The van der Waals surface area contributed by atoms with Crippen LogP contribution in [0.3, 0.4) is 0 Å². The highest BCUT2D eigenvalue weighted by Crippen LogP contribution is 2.61. The molecule has 1 unspecified atom stereocenters. The molecule has 7 rings (SSSR count). The number of benzodiazepines with no additional fused rings is 1. The summed E-state index contributed by atoms with van der Waals surface area (Å²) in [6.45, 7) is 1.86. The number of hydrogen-bond acceptors (Lipinski definition) is 10. The third-order valence-electron chi connectivity index (χ3n) is 7.49. The summed E-state index contributed by atoms with van der Waals surface area (Å²) in [5.41, 5.74) is 0.972. The van der Waals surface area contributed by atoms with Gasteiger partial charge in [-0.05, 0) is 18.9 Å². The second kappa shape index (κ2) is 10.2. The van der Waals surface area contributed by atoms with E-state index in [-0.39, 0.29) is 35.4 Å². The Labute approximate surface area is 241 Å². The zero-order valence-corrected chi connectivity index (χ0v) is 22.8. The molecule has 1 saturated carbocycles. The minimum atomic E-state index is -4.41. The number of aliphatic imine (C=N–C) groups is 1. The molecule has 2 N–H and O–H groups in total. The number of alkyl halides is 3. The maximum absolute atomic E-state index is 14.0. The minimum Gasteiger partial charge on any atom is -0.402 e. The predicted octanol–water partition coefficient (Wildman–Crippen LogP) is 4.85. The SMILES string of the molecule is O=C1Nc2ccccc2C(c2ccccc2)=NC1Nc1nnc(-c2nc(C3(C(F)(F)F)CC3)sc2N2CCOCC2)o1. The number of carbonyl (C=O) groups is 1. The highest BCUT2D eigenvalue weighted by atomic mass is 32.1. The van der Waals surface area contributed by atoms with Gasteiger partial charge in [0.2, 0.25) is 6.17 Å². The summed E-state index contributed by atoms with van der Waals surface area (Å²) in [6.07, 6.45) is -5.57. The van der Waals surface area contributed by atoms with Crippen LogP contribution in [-0.4, -0.2) is 65.4 Å². The Balaban J connectivity index is 1.23. The van der Waals surface area contributed by atoms with Gasteiger partial charge in [-0.2, -0.15) is 13.2 Å². The molecule has 42 heavy (non-hydrogen) atoms. The lowest BCUT2D eigenvalue weighted by Crippen LogP contribution is -2.36. The first kappa shape index (κ1) is 26.6. The van der Waals surface area contributed by atoms with Crippen molar-refractivity contribution in [3.05, 3.63) is 70.7 Å². The lowest BCUT2D eigenvalue weighted by atomic mass is 10.0. The maximum atomic E-state index is 14.0. The number of para-hydroxylation sites is 1. The molecular weight excluding hydrogens is 571 g/mol. The normalized spacial score (nSPS) is 19.9. The number of morpholine rings is 1. The Kier molecular flexibility index (Phi) is 6.46. The topological polar surface area (TPSA) is 118 Å². The number of anilines is 3. The van der Waals surface area contributed by atoms with E-state index in [0.29, 0.717) is 42.7 Å². The fraction of sp³-hybridized carbons (Fsp3) is 0.321. The number of nitrogens with one attached hydrogen (secondary N) is 2. The highest BCUT2D eigenvalue weighted by molar-refractivity contribution is 7.16. The van der Waals surface area contributed by atoms with Gasteiger partial charge in [-0.1, -0.05) is 65.0 Å². The summed E-state index contributed by atoms with van der Waals surface area (Å²) in [5, 5.41) is 14.4. The third-order valence-corrected chi connectivity index (χ3v) is 8.81. The molecular formula is C28H24F3N7O3S. The van der Waals surface area contributed by atoms with Gasteiger partial charge in [-0.3, -0.25) is 4.79 Å². The molecule has 1 saturated heterocycles. The van der Waals surface area contributed by atoms with Crippen LogP contribution in [0.1, 0.15) is 29.0 Å². The van der Waals surface area contributed by atoms with E-state index in [1.165, 1.54) is 0 Å². The number of thiazole rings is 1. The molecule has 3 aliphatic rings. The van der Waals surface area contributed by atoms with Crippen molar-refractivity contribution in [2.75, 3.05) is 41.8 Å². The van der Waals surface area contributed by atoms with E-state index in [1.807, 2.05) is 53.4 Å². The number of carbonyl (C=O) groups excluding carboxylic acids is 1. The second-order valence-electron chi connectivity index (χ2n) is 10.2. The van der Waals surface area contributed by atoms with Gasteiger partial charge in [0, 0.05) is 24.2 Å². The number of amides is 1. The third kappa shape index (κ3) is 4.69. The molecule has 2 aromatic carbocycles. The number of ether oxygens (including phenoxy) is 1. The molecule has 2 aromatic heterocycles. The first-order valence-corrected chi connectivity index (χ1v) is 14.2. The first-order chi connectivity index (χ1) is 20.3.